The van der Waals surface area contributed by atoms with Gasteiger partial charge < -0.3 is 15.2 Å². The van der Waals surface area contributed by atoms with E-state index in [1.54, 1.807) is 12.1 Å². The van der Waals surface area contributed by atoms with Crippen molar-refractivity contribution in [2.45, 2.75) is 26.0 Å². The first kappa shape index (κ1) is 15.3. The van der Waals surface area contributed by atoms with E-state index in [-0.39, 0.29) is 11.8 Å². The van der Waals surface area contributed by atoms with E-state index in [0.717, 1.165) is 5.56 Å². The monoisotopic (exact) mass is 289 g/mol. The van der Waals surface area contributed by atoms with Crippen LogP contribution in [0.3, 0.4) is 0 Å². The fourth-order valence-electron chi connectivity index (χ4n) is 2.13. The van der Waals surface area contributed by atoms with Crippen LogP contribution in [0.5, 0.6) is 11.5 Å². The maximum Gasteiger partial charge on any atom is 0.172 e. The van der Waals surface area contributed by atoms with Crippen molar-refractivity contribution in [3.63, 3.8) is 0 Å². The molecule has 2 N–H and O–H groups in total. The zero-order valence-electron chi connectivity index (χ0n) is 12.3. The van der Waals surface area contributed by atoms with Crippen LogP contribution in [-0.2, 0) is 13.0 Å². The van der Waals surface area contributed by atoms with Gasteiger partial charge in [-0.2, -0.15) is 0 Å². The van der Waals surface area contributed by atoms with Crippen molar-refractivity contribution >= 4 is 0 Å². The quantitative estimate of drug-likeness (QED) is 0.887. The Morgan fingerprint density at radius 3 is 2.38 bits per heavy atom. The first-order valence-corrected chi connectivity index (χ1v) is 6.89. The molecule has 0 bridgehead atoms. The highest BCUT2D eigenvalue weighted by molar-refractivity contribution is 5.42. The van der Waals surface area contributed by atoms with Crippen molar-refractivity contribution in [3.8, 4) is 11.5 Å². The van der Waals surface area contributed by atoms with E-state index < -0.39 is 5.82 Å². The van der Waals surface area contributed by atoms with E-state index in [2.05, 4.69) is 0 Å². The molecule has 21 heavy (non-hydrogen) atoms. The number of hydrogen-bond acceptors (Lipinski definition) is 3. The smallest absolute Gasteiger partial charge is 0.172 e. The highest BCUT2D eigenvalue weighted by Gasteiger charge is 2.16. The van der Waals surface area contributed by atoms with Crippen molar-refractivity contribution < 1.29 is 13.9 Å². The van der Waals surface area contributed by atoms with Crippen LogP contribution in [0.25, 0.3) is 0 Å². The van der Waals surface area contributed by atoms with E-state index in [1.807, 2.05) is 37.3 Å². The summed E-state index contributed by atoms with van der Waals surface area (Å²) in [6.45, 7) is 2.15. The first-order chi connectivity index (χ1) is 10.1. The molecule has 0 saturated carbocycles. The Bertz CT molecular complexity index is 585. The van der Waals surface area contributed by atoms with Crippen LogP contribution in [0, 0.1) is 5.82 Å². The lowest BCUT2D eigenvalue weighted by atomic mass is 10.1. The molecule has 0 heterocycles. The molecule has 3 nitrogen and oxygen atoms in total. The van der Waals surface area contributed by atoms with E-state index in [9.17, 15) is 4.39 Å². The molecule has 1 unspecified atom stereocenters. The van der Waals surface area contributed by atoms with Gasteiger partial charge in [-0.1, -0.05) is 30.3 Å². The van der Waals surface area contributed by atoms with Crippen LogP contribution in [0.1, 0.15) is 18.1 Å². The Balaban J connectivity index is 2.20. The Hall–Kier alpha value is -2.07. The predicted octanol–water partition coefficient (Wildman–Crippen LogP) is 3.30. The number of rotatable bonds is 6. The molecular weight excluding hydrogens is 269 g/mol. The normalized spacial score (nSPS) is 12.0. The third kappa shape index (κ3) is 3.95. The predicted molar refractivity (Wildman–Crippen MR) is 81.1 cm³/mol. The number of benzene rings is 2. The second-order valence-electron chi connectivity index (χ2n) is 5.01. The molecule has 4 heteroatoms. The van der Waals surface area contributed by atoms with Gasteiger partial charge in [0.1, 0.15) is 12.4 Å². The van der Waals surface area contributed by atoms with Crippen molar-refractivity contribution in [2.24, 2.45) is 5.73 Å². The number of hydrogen-bond donors (Lipinski definition) is 1. The maximum atomic E-state index is 14.5. The van der Waals surface area contributed by atoms with Crippen LogP contribution in [-0.4, -0.2) is 13.2 Å². The molecule has 0 radical (unpaired) electrons. The SMILES string of the molecule is COc1ccc(OCc2ccccc2)c(F)c1CC(C)N. The van der Waals surface area contributed by atoms with Gasteiger partial charge in [0.15, 0.2) is 11.6 Å². The lowest BCUT2D eigenvalue weighted by Crippen LogP contribution is -2.19. The van der Waals surface area contributed by atoms with Gasteiger partial charge >= 0.3 is 0 Å². The zero-order valence-corrected chi connectivity index (χ0v) is 12.3. The summed E-state index contributed by atoms with van der Waals surface area (Å²) in [4.78, 5) is 0. The summed E-state index contributed by atoms with van der Waals surface area (Å²) in [7, 11) is 1.52. The second kappa shape index (κ2) is 7.09. The minimum atomic E-state index is -0.400. The molecule has 112 valence electrons. The summed E-state index contributed by atoms with van der Waals surface area (Å²) in [5.41, 5.74) is 7.21. The van der Waals surface area contributed by atoms with E-state index in [1.165, 1.54) is 7.11 Å². The van der Waals surface area contributed by atoms with Gasteiger partial charge in [-0.25, -0.2) is 4.39 Å². The van der Waals surface area contributed by atoms with Gasteiger partial charge in [-0.3, -0.25) is 0 Å². The van der Waals surface area contributed by atoms with Crippen molar-refractivity contribution in [1.82, 2.24) is 0 Å². The fourth-order valence-corrected chi connectivity index (χ4v) is 2.13. The van der Waals surface area contributed by atoms with Gasteiger partial charge in [0, 0.05) is 11.6 Å². The largest absolute Gasteiger partial charge is 0.496 e. The molecule has 0 aliphatic rings. The lowest BCUT2D eigenvalue weighted by molar-refractivity contribution is 0.287. The number of nitrogens with two attached hydrogens (primary N) is 1. The van der Waals surface area contributed by atoms with Gasteiger partial charge in [-0.05, 0) is 31.0 Å². The highest BCUT2D eigenvalue weighted by Crippen LogP contribution is 2.30. The average Bonchev–Trinajstić information content (AvgIpc) is 2.49. The van der Waals surface area contributed by atoms with E-state index in [0.29, 0.717) is 24.3 Å². The van der Waals surface area contributed by atoms with Crippen LogP contribution in [0.2, 0.25) is 0 Å². The Morgan fingerprint density at radius 1 is 1.10 bits per heavy atom. The van der Waals surface area contributed by atoms with Crippen molar-refractivity contribution in [3.05, 3.63) is 59.4 Å². The number of halogens is 1. The summed E-state index contributed by atoms with van der Waals surface area (Å²) in [6.07, 6.45) is 0.400. The first-order valence-electron chi connectivity index (χ1n) is 6.89. The molecule has 0 aliphatic carbocycles. The van der Waals surface area contributed by atoms with E-state index >= 15 is 0 Å². The third-order valence-corrected chi connectivity index (χ3v) is 3.15. The van der Waals surface area contributed by atoms with Crippen LogP contribution < -0.4 is 15.2 Å². The van der Waals surface area contributed by atoms with Crippen LogP contribution in [0.15, 0.2) is 42.5 Å². The Morgan fingerprint density at radius 2 is 1.76 bits per heavy atom. The number of ether oxygens (including phenoxy) is 2. The van der Waals surface area contributed by atoms with E-state index in [4.69, 9.17) is 15.2 Å². The molecule has 0 fully saturated rings. The minimum absolute atomic E-state index is 0.155. The topological polar surface area (TPSA) is 44.5 Å². The molecule has 0 aliphatic heterocycles. The highest BCUT2D eigenvalue weighted by atomic mass is 19.1. The van der Waals surface area contributed by atoms with Crippen LogP contribution >= 0.6 is 0 Å². The molecule has 0 aromatic heterocycles. The third-order valence-electron chi connectivity index (χ3n) is 3.15. The van der Waals surface area contributed by atoms with Crippen molar-refractivity contribution in [1.29, 1.82) is 0 Å². The molecular formula is C17H20FNO2. The summed E-state index contributed by atoms with van der Waals surface area (Å²) >= 11 is 0. The Kier molecular flexibility index (Phi) is 5.17. The van der Waals surface area contributed by atoms with Gasteiger partial charge in [-0.15, -0.1) is 0 Å². The van der Waals surface area contributed by atoms with Crippen molar-refractivity contribution in [2.75, 3.05) is 7.11 Å². The summed E-state index contributed by atoms with van der Waals surface area (Å²) in [6, 6.07) is 12.8. The van der Waals surface area contributed by atoms with Gasteiger partial charge in [0.05, 0.1) is 7.11 Å². The molecule has 0 amide bonds. The summed E-state index contributed by atoms with van der Waals surface area (Å²) in [5, 5.41) is 0. The lowest BCUT2D eigenvalue weighted by Gasteiger charge is -2.15. The standard InChI is InChI=1S/C17H20FNO2/c1-12(19)10-14-15(20-2)8-9-16(17(14)18)21-11-13-6-4-3-5-7-13/h3-9,12H,10-11,19H2,1-2H3. The minimum Gasteiger partial charge on any atom is -0.496 e. The summed E-state index contributed by atoms with van der Waals surface area (Å²) in [5.74, 6) is 0.315. The van der Waals surface area contributed by atoms with Gasteiger partial charge in [0.25, 0.3) is 0 Å². The molecule has 0 saturated heterocycles. The maximum absolute atomic E-state index is 14.5. The molecule has 1 atom stereocenters. The average molecular weight is 289 g/mol. The molecule has 2 rings (SSSR count). The van der Waals surface area contributed by atoms with Gasteiger partial charge in [0.2, 0.25) is 0 Å². The summed E-state index contributed by atoms with van der Waals surface area (Å²) < 4.78 is 25.3. The molecule has 2 aromatic carbocycles. The zero-order chi connectivity index (χ0) is 15.2. The fraction of sp³-hybridized carbons (Fsp3) is 0.294. The molecule has 0 spiro atoms. The van der Waals surface area contributed by atoms with Crippen LogP contribution in [0.4, 0.5) is 4.39 Å². The number of methoxy groups -OCH3 is 1. The Labute approximate surface area is 124 Å². The second-order valence-corrected chi connectivity index (χ2v) is 5.01. The molecule has 2 aromatic rings.